The van der Waals surface area contributed by atoms with Gasteiger partial charge in [0, 0.05) is 18.7 Å². The molecule has 6 heteroatoms. The second-order valence-electron chi connectivity index (χ2n) is 6.03. The highest BCUT2D eigenvalue weighted by Crippen LogP contribution is 2.35. The Morgan fingerprint density at radius 1 is 1.29 bits per heavy atom. The third-order valence-corrected chi connectivity index (χ3v) is 4.57. The van der Waals surface area contributed by atoms with Crippen LogP contribution in [0.15, 0.2) is 10.6 Å². The molecule has 6 nitrogen and oxygen atoms in total. The molecule has 1 aliphatic heterocycles. The molecule has 0 radical (unpaired) electrons. The minimum absolute atomic E-state index is 0.241. The lowest BCUT2D eigenvalue weighted by Crippen LogP contribution is -2.45. The first-order valence-corrected chi connectivity index (χ1v) is 7.70. The number of nitrogens with zero attached hydrogens (tertiary/aromatic N) is 2. The van der Waals surface area contributed by atoms with Crippen LogP contribution in [0.1, 0.15) is 44.3 Å². The summed E-state index contributed by atoms with van der Waals surface area (Å²) in [6.07, 6.45) is 6.86. The van der Waals surface area contributed by atoms with Crippen molar-refractivity contribution in [2.75, 3.05) is 11.9 Å². The van der Waals surface area contributed by atoms with Gasteiger partial charge in [0.15, 0.2) is 5.82 Å². The van der Waals surface area contributed by atoms with Crippen LogP contribution in [0.4, 0.5) is 5.82 Å². The lowest BCUT2D eigenvalue weighted by atomic mass is 9.96. The second kappa shape index (κ2) is 5.87. The first kappa shape index (κ1) is 14.1. The molecule has 0 aromatic carbocycles. The second-order valence-corrected chi connectivity index (χ2v) is 6.03. The van der Waals surface area contributed by atoms with Crippen molar-refractivity contribution in [3.05, 3.63) is 11.8 Å². The van der Waals surface area contributed by atoms with E-state index < -0.39 is 11.8 Å². The third-order valence-electron chi connectivity index (χ3n) is 4.57. The summed E-state index contributed by atoms with van der Waals surface area (Å²) in [6, 6.07) is 1.84. The molecule has 1 saturated heterocycles. The monoisotopic (exact) mass is 291 g/mol. The van der Waals surface area contributed by atoms with E-state index in [2.05, 4.69) is 10.5 Å². The molecular weight excluding hydrogens is 270 g/mol. The van der Waals surface area contributed by atoms with E-state index in [1.165, 1.54) is 25.7 Å². The van der Waals surface area contributed by atoms with Crippen LogP contribution < -0.4 is 5.32 Å². The molecule has 0 bridgehead atoms. The maximum absolute atomic E-state index is 12.4. The van der Waals surface area contributed by atoms with E-state index in [1.54, 1.807) is 17.9 Å². The van der Waals surface area contributed by atoms with Gasteiger partial charge in [0.25, 0.3) is 0 Å². The zero-order valence-corrected chi connectivity index (χ0v) is 12.3. The van der Waals surface area contributed by atoms with Crippen molar-refractivity contribution in [2.45, 2.75) is 51.5 Å². The standard InChI is InChI=1S/C15H21N3O3/c1-10-9-13(17-21-10)16-14(19)15(20)18-8-4-7-12(18)11-5-2-3-6-11/h9,11-12H,2-8H2,1H3,(H,16,17,19). The SMILES string of the molecule is Cc1cc(NC(=O)C(=O)N2CCCC2C2CCCC2)no1. The summed E-state index contributed by atoms with van der Waals surface area (Å²) < 4.78 is 4.88. The van der Waals surface area contributed by atoms with Crippen molar-refractivity contribution in [1.82, 2.24) is 10.1 Å². The average molecular weight is 291 g/mol. The Kier molecular flexibility index (Phi) is 3.94. The van der Waals surface area contributed by atoms with Crippen LogP contribution in [0.3, 0.4) is 0 Å². The van der Waals surface area contributed by atoms with E-state index in [0.717, 1.165) is 12.8 Å². The van der Waals surface area contributed by atoms with Gasteiger partial charge in [-0.15, -0.1) is 0 Å². The van der Waals surface area contributed by atoms with Crippen LogP contribution in [0.25, 0.3) is 0 Å². The third kappa shape index (κ3) is 2.94. The summed E-state index contributed by atoms with van der Waals surface area (Å²) in [4.78, 5) is 26.2. The summed E-state index contributed by atoms with van der Waals surface area (Å²) in [7, 11) is 0. The molecule has 0 spiro atoms. The molecule has 1 saturated carbocycles. The highest BCUT2D eigenvalue weighted by atomic mass is 16.5. The zero-order chi connectivity index (χ0) is 14.8. The van der Waals surface area contributed by atoms with Gasteiger partial charge >= 0.3 is 11.8 Å². The summed E-state index contributed by atoms with van der Waals surface area (Å²) in [5.41, 5.74) is 0. The number of anilines is 1. The Morgan fingerprint density at radius 2 is 2.05 bits per heavy atom. The van der Waals surface area contributed by atoms with Crippen molar-refractivity contribution in [1.29, 1.82) is 0 Å². The summed E-state index contributed by atoms with van der Waals surface area (Å²) >= 11 is 0. The van der Waals surface area contributed by atoms with Gasteiger partial charge in [0.2, 0.25) is 0 Å². The number of aryl methyl sites for hydroxylation is 1. The summed E-state index contributed by atoms with van der Waals surface area (Å²) in [5.74, 6) is 0.405. The first-order chi connectivity index (χ1) is 10.1. The van der Waals surface area contributed by atoms with Crippen molar-refractivity contribution in [3.63, 3.8) is 0 Å². The highest BCUT2D eigenvalue weighted by molar-refractivity contribution is 6.39. The van der Waals surface area contributed by atoms with Gasteiger partial charge < -0.3 is 9.42 Å². The topological polar surface area (TPSA) is 75.4 Å². The lowest BCUT2D eigenvalue weighted by Gasteiger charge is -2.28. The molecule has 1 unspecified atom stereocenters. The maximum Gasteiger partial charge on any atom is 0.315 e. The maximum atomic E-state index is 12.4. The Bertz CT molecular complexity index is 534. The van der Waals surface area contributed by atoms with Crippen LogP contribution in [0, 0.1) is 12.8 Å². The van der Waals surface area contributed by atoms with Crippen molar-refractivity contribution in [2.24, 2.45) is 5.92 Å². The molecule has 2 heterocycles. The number of rotatable bonds is 2. The molecule has 1 aromatic heterocycles. The number of hydrogen-bond acceptors (Lipinski definition) is 4. The molecule has 2 fully saturated rings. The van der Waals surface area contributed by atoms with Crippen molar-refractivity contribution in [3.8, 4) is 0 Å². The van der Waals surface area contributed by atoms with E-state index in [1.807, 2.05) is 0 Å². The van der Waals surface area contributed by atoms with E-state index in [-0.39, 0.29) is 6.04 Å². The van der Waals surface area contributed by atoms with Gasteiger partial charge in [-0.05, 0) is 38.5 Å². The predicted octanol–water partition coefficient (Wildman–Crippen LogP) is 2.10. The first-order valence-electron chi connectivity index (χ1n) is 7.70. The largest absolute Gasteiger partial charge is 0.360 e. The van der Waals surface area contributed by atoms with Crippen LogP contribution >= 0.6 is 0 Å². The van der Waals surface area contributed by atoms with Gasteiger partial charge in [0.1, 0.15) is 5.76 Å². The van der Waals surface area contributed by atoms with Gasteiger partial charge in [-0.2, -0.15) is 0 Å². The lowest BCUT2D eigenvalue weighted by molar-refractivity contribution is -0.144. The van der Waals surface area contributed by atoms with Crippen LogP contribution in [-0.4, -0.2) is 34.5 Å². The highest BCUT2D eigenvalue weighted by Gasteiger charge is 2.38. The zero-order valence-electron chi connectivity index (χ0n) is 12.3. The number of carbonyl (C=O) groups is 2. The fourth-order valence-corrected chi connectivity index (χ4v) is 3.60. The molecule has 1 aromatic rings. The Morgan fingerprint density at radius 3 is 2.71 bits per heavy atom. The number of aromatic nitrogens is 1. The smallest absolute Gasteiger partial charge is 0.315 e. The van der Waals surface area contributed by atoms with E-state index >= 15 is 0 Å². The fourth-order valence-electron chi connectivity index (χ4n) is 3.60. The van der Waals surface area contributed by atoms with Crippen LogP contribution in [0.2, 0.25) is 0 Å². The molecule has 1 N–H and O–H groups in total. The average Bonchev–Trinajstić information content (AvgIpc) is 3.18. The van der Waals surface area contributed by atoms with Crippen molar-refractivity contribution < 1.29 is 14.1 Å². The summed E-state index contributed by atoms with van der Waals surface area (Å²) in [6.45, 7) is 2.42. The van der Waals surface area contributed by atoms with Gasteiger partial charge in [0.05, 0.1) is 0 Å². The fraction of sp³-hybridized carbons (Fsp3) is 0.667. The molecule has 1 atom stereocenters. The molecule has 2 amide bonds. The molecule has 3 rings (SSSR count). The molecular formula is C15H21N3O3. The Labute approximate surface area is 123 Å². The van der Waals surface area contributed by atoms with E-state index in [4.69, 9.17) is 4.52 Å². The number of likely N-dealkylation sites (tertiary alicyclic amines) is 1. The quantitative estimate of drug-likeness (QED) is 0.847. The minimum atomic E-state index is -0.617. The molecule has 1 aliphatic carbocycles. The van der Waals surface area contributed by atoms with Gasteiger partial charge in [-0.25, -0.2) is 0 Å². The number of amides is 2. The molecule has 21 heavy (non-hydrogen) atoms. The van der Waals surface area contributed by atoms with E-state index in [0.29, 0.717) is 24.0 Å². The number of hydrogen-bond donors (Lipinski definition) is 1. The van der Waals surface area contributed by atoms with Gasteiger partial charge in [-0.3, -0.25) is 14.9 Å². The van der Waals surface area contributed by atoms with Crippen LogP contribution in [0.5, 0.6) is 0 Å². The predicted molar refractivity (Wildman–Crippen MR) is 76.6 cm³/mol. The molecule has 114 valence electrons. The normalized spacial score (nSPS) is 22.7. The Hall–Kier alpha value is -1.85. The van der Waals surface area contributed by atoms with Crippen molar-refractivity contribution >= 4 is 17.6 Å². The number of nitrogens with one attached hydrogen (secondary N) is 1. The van der Waals surface area contributed by atoms with E-state index in [9.17, 15) is 9.59 Å². The van der Waals surface area contributed by atoms with Gasteiger partial charge in [-0.1, -0.05) is 18.0 Å². The van der Waals surface area contributed by atoms with Crippen LogP contribution in [-0.2, 0) is 9.59 Å². The minimum Gasteiger partial charge on any atom is -0.360 e. The molecule has 2 aliphatic rings. The number of carbonyl (C=O) groups excluding carboxylic acids is 2. The summed E-state index contributed by atoms with van der Waals surface area (Å²) in [5, 5.41) is 6.20. The Balaban J connectivity index is 1.64.